The molecule has 1 unspecified atom stereocenters. The average molecular weight is 457 g/mol. The summed E-state index contributed by atoms with van der Waals surface area (Å²) in [5, 5.41) is 0. The van der Waals surface area contributed by atoms with E-state index in [2.05, 4.69) is 28.6 Å². The highest BCUT2D eigenvalue weighted by Crippen LogP contribution is 2.33. The van der Waals surface area contributed by atoms with Crippen LogP contribution in [0, 0.1) is 5.82 Å². The molecule has 2 aromatic carbocycles. The van der Waals surface area contributed by atoms with Crippen LogP contribution in [0.25, 0.3) is 11.0 Å². The Balaban J connectivity index is 1.39. The van der Waals surface area contributed by atoms with E-state index in [1.165, 1.54) is 11.6 Å². The predicted octanol–water partition coefficient (Wildman–Crippen LogP) is 5.26. The number of likely N-dealkylation sites (tertiary alicyclic amines) is 1. The summed E-state index contributed by atoms with van der Waals surface area (Å²) in [5.41, 5.74) is 10.8. The maximum atomic E-state index is 14.5. The smallest absolute Gasteiger partial charge is 0.257 e. The lowest BCUT2D eigenvalue weighted by Gasteiger charge is -2.32. The quantitative estimate of drug-likeness (QED) is 0.445. The SMILES string of the molecule is CC(c1ccccc1)n1cc(C(=O)N2CCC(c3cc(CN)ccc3F)CC2)c2ncccc21. The van der Waals surface area contributed by atoms with Crippen molar-refractivity contribution in [1.29, 1.82) is 0 Å². The van der Waals surface area contributed by atoms with E-state index >= 15 is 0 Å². The number of hydrogen-bond acceptors (Lipinski definition) is 3. The van der Waals surface area contributed by atoms with E-state index < -0.39 is 0 Å². The molecule has 4 aromatic rings. The third kappa shape index (κ3) is 4.10. The molecule has 1 atom stereocenters. The summed E-state index contributed by atoms with van der Waals surface area (Å²) < 4.78 is 16.6. The molecule has 1 aliphatic heterocycles. The number of halogens is 1. The van der Waals surface area contributed by atoms with Gasteiger partial charge in [-0.1, -0.05) is 42.5 Å². The fourth-order valence-electron chi connectivity index (χ4n) is 5.05. The van der Waals surface area contributed by atoms with E-state index in [1.807, 2.05) is 47.5 Å². The molecule has 3 heterocycles. The summed E-state index contributed by atoms with van der Waals surface area (Å²) in [6.07, 6.45) is 5.12. The largest absolute Gasteiger partial charge is 0.338 e. The molecule has 5 nitrogen and oxygen atoms in total. The average Bonchev–Trinajstić information content (AvgIpc) is 3.28. The Morgan fingerprint density at radius 3 is 2.62 bits per heavy atom. The summed E-state index contributed by atoms with van der Waals surface area (Å²) in [6.45, 7) is 3.70. The lowest BCUT2D eigenvalue weighted by molar-refractivity contribution is 0.0714. The lowest BCUT2D eigenvalue weighted by Crippen LogP contribution is -2.38. The minimum Gasteiger partial charge on any atom is -0.338 e. The van der Waals surface area contributed by atoms with Crippen molar-refractivity contribution in [3.63, 3.8) is 0 Å². The summed E-state index contributed by atoms with van der Waals surface area (Å²) in [7, 11) is 0. The molecule has 2 aromatic heterocycles. The van der Waals surface area contributed by atoms with Gasteiger partial charge in [0, 0.05) is 32.0 Å². The van der Waals surface area contributed by atoms with Gasteiger partial charge in [0.2, 0.25) is 0 Å². The number of pyridine rings is 1. The summed E-state index contributed by atoms with van der Waals surface area (Å²) in [6, 6.07) is 19.3. The Kier molecular flexibility index (Phi) is 6.16. The molecule has 1 amide bonds. The molecule has 0 aliphatic carbocycles. The first-order valence-corrected chi connectivity index (χ1v) is 11.8. The van der Waals surface area contributed by atoms with Crippen LogP contribution >= 0.6 is 0 Å². The van der Waals surface area contributed by atoms with Crippen LogP contribution in [0.4, 0.5) is 4.39 Å². The van der Waals surface area contributed by atoms with E-state index in [4.69, 9.17) is 5.73 Å². The first kappa shape index (κ1) is 22.3. The second-order valence-corrected chi connectivity index (χ2v) is 9.03. The van der Waals surface area contributed by atoms with Gasteiger partial charge in [-0.25, -0.2) is 4.39 Å². The Hall–Kier alpha value is -3.51. The number of nitrogens with zero attached hydrogens (tertiary/aromatic N) is 3. The third-order valence-corrected chi connectivity index (χ3v) is 7.04. The van der Waals surface area contributed by atoms with Crippen LogP contribution in [0.3, 0.4) is 0 Å². The van der Waals surface area contributed by atoms with E-state index in [-0.39, 0.29) is 23.7 Å². The molecular weight excluding hydrogens is 427 g/mol. The molecule has 1 fully saturated rings. The lowest BCUT2D eigenvalue weighted by atomic mass is 9.88. The number of amides is 1. The molecule has 0 saturated carbocycles. The van der Waals surface area contributed by atoms with Crippen molar-refractivity contribution in [2.24, 2.45) is 5.73 Å². The van der Waals surface area contributed by atoms with Crippen LogP contribution in [0.2, 0.25) is 0 Å². The molecule has 6 heteroatoms. The van der Waals surface area contributed by atoms with Crippen molar-refractivity contribution in [1.82, 2.24) is 14.5 Å². The van der Waals surface area contributed by atoms with Crippen LogP contribution in [0.15, 0.2) is 73.1 Å². The molecule has 1 saturated heterocycles. The van der Waals surface area contributed by atoms with E-state index in [0.717, 1.165) is 29.4 Å². The molecule has 1 aliphatic rings. The fraction of sp³-hybridized carbons (Fsp3) is 0.286. The molecule has 174 valence electrons. The van der Waals surface area contributed by atoms with Crippen LogP contribution in [-0.4, -0.2) is 33.4 Å². The highest BCUT2D eigenvalue weighted by atomic mass is 19.1. The highest BCUT2D eigenvalue weighted by molar-refractivity contribution is 6.05. The van der Waals surface area contributed by atoms with E-state index in [1.54, 1.807) is 12.3 Å². The number of piperidine rings is 1. The highest BCUT2D eigenvalue weighted by Gasteiger charge is 2.29. The standard InChI is InChI=1S/C28H29FN4O/c1-19(21-6-3-2-4-7-21)33-18-24(27-26(33)8-5-13-31-27)28(34)32-14-11-22(12-15-32)23-16-20(17-30)9-10-25(23)29/h2-10,13,16,18-19,22H,11-12,14-15,17,30H2,1H3. The molecular formula is C28H29FN4O. The van der Waals surface area contributed by atoms with Crippen molar-refractivity contribution in [2.75, 3.05) is 13.1 Å². The Labute approximate surface area is 199 Å². The normalized spacial score (nSPS) is 15.6. The number of fused-ring (bicyclic) bond motifs is 1. The molecule has 0 bridgehead atoms. The van der Waals surface area contributed by atoms with Crippen molar-refractivity contribution in [3.8, 4) is 0 Å². The van der Waals surface area contributed by atoms with Gasteiger partial charge in [0.1, 0.15) is 11.3 Å². The third-order valence-electron chi connectivity index (χ3n) is 7.04. The zero-order valence-corrected chi connectivity index (χ0v) is 19.3. The van der Waals surface area contributed by atoms with Crippen LogP contribution in [0.5, 0.6) is 0 Å². The minimum atomic E-state index is -0.191. The summed E-state index contributed by atoms with van der Waals surface area (Å²) >= 11 is 0. The Morgan fingerprint density at radius 2 is 1.88 bits per heavy atom. The fourth-order valence-corrected chi connectivity index (χ4v) is 5.05. The van der Waals surface area contributed by atoms with Crippen LogP contribution < -0.4 is 5.73 Å². The number of nitrogens with two attached hydrogens (primary N) is 1. The van der Waals surface area contributed by atoms with Crippen LogP contribution in [0.1, 0.15) is 58.8 Å². The number of carbonyl (C=O) groups is 1. The zero-order valence-electron chi connectivity index (χ0n) is 19.3. The zero-order chi connectivity index (χ0) is 23.7. The van der Waals surface area contributed by atoms with E-state index in [0.29, 0.717) is 30.8 Å². The predicted molar refractivity (Wildman–Crippen MR) is 132 cm³/mol. The van der Waals surface area contributed by atoms with Gasteiger partial charge in [-0.15, -0.1) is 0 Å². The second-order valence-electron chi connectivity index (χ2n) is 9.03. The van der Waals surface area contributed by atoms with Gasteiger partial charge in [0.05, 0.1) is 17.1 Å². The monoisotopic (exact) mass is 456 g/mol. The summed E-state index contributed by atoms with van der Waals surface area (Å²) in [4.78, 5) is 20.0. The minimum absolute atomic E-state index is 0.0163. The van der Waals surface area contributed by atoms with Gasteiger partial charge >= 0.3 is 0 Å². The summed E-state index contributed by atoms with van der Waals surface area (Å²) in [5.74, 6) is -0.116. The van der Waals surface area contributed by atoms with Gasteiger partial charge in [0.25, 0.3) is 5.91 Å². The number of aromatic nitrogens is 2. The topological polar surface area (TPSA) is 64.2 Å². The Bertz CT molecular complexity index is 1310. The number of hydrogen-bond donors (Lipinski definition) is 1. The van der Waals surface area contributed by atoms with Gasteiger partial charge in [0.15, 0.2) is 0 Å². The molecule has 0 radical (unpaired) electrons. The molecule has 0 spiro atoms. The van der Waals surface area contributed by atoms with Crippen molar-refractivity contribution in [2.45, 2.75) is 38.3 Å². The van der Waals surface area contributed by atoms with Crippen molar-refractivity contribution < 1.29 is 9.18 Å². The van der Waals surface area contributed by atoms with E-state index in [9.17, 15) is 9.18 Å². The number of rotatable bonds is 5. The first-order chi connectivity index (χ1) is 16.6. The maximum Gasteiger partial charge on any atom is 0.257 e. The van der Waals surface area contributed by atoms with Gasteiger partial charge in [-0.2, -0.15) is 0 Å². The first-order valence-electron chi connectivity index (χ1n) is 11.8. The van der Waals surface area contributed by atoms with Crippen molar-refractivity contribution >= 4 is 16.9 Å². The Morgan fingerprint density at radius 1 is 1.12 bits per heavy atom. The number of benzene rings is 2. The van der Waals surface area contributed by atoms with Gasteiger partial charge in [-0.3, -0.25) is 9.78 Å². The molecule has 2 N–H and O–H groups in total. The second kappa shape index (κ2) is 9.39. The van der Waals surface area contributed by atoms with Crippen molar-refractivity contribution in [3.05, 3.63) is 101 Å². The van der Waals surface area contributed by atoms with Crippen LogP contribution in [-0.2, 0) is 6.54 Å². The number of carbonyl (C=O) groups excluding carboxylic acids is 1. The molecule has 5 rings (SSSR count). The van der Waals surface area contributed by atoms with Gasteiger partial charge in [-0.05, 0) is 60.6 Å². The van der Waals surface area contributed by atoms with Gasteiger partial charge < -0.3 is 15.2 Å². The molecule has 34 heavy (non-hydrogen) atoms. The maximum absolute atomic E-state index is 14.5.